The number of hydrogen-bond donors (Lipinski definition) is 0. The van der Waals surface area contributed by atoms with Crippen molar-refractivity contribution in [3.05, 3.63) is 60.2 Å². The molecule has 0 bridgehead atoms. The summed E-state index contributed by atoms with van der Waals surface area (Å²) < 4.78 is 20.4. The van der Waals surface area contributed by atoms with Crippen molar-refractivity contribution >= 4 is 28.7 Å². The smallest absolute Gasteiger partial charge is 0.311 e. The number of esters is 1. The molecule has 60 heavy (non-hydrogen) atoms. The van der Waals surface area contributed by atoms with Crippen LogP contribution in [0.2, 0.25) is 33.2 Å². The minimum atomic E-state index is -2.21. The highest BCUT2D eigenvalue weighted by molar-refractivity contribution is 6.78. The van der Waals surface area contributed by atoms with Gasteiger partial charge in [-0.05, 0) is 81.8 Å². The molecule has 0 N–H and O–H groups in total. The molecule has 0 saturated carbocycles. The van der Waals surface area contributed by atoms with E-state index in [4.69, 9.17) is 13.6 Å². The highest BCUT2D eigenvalue weighted by Gasteiger charge is 2.48. The number of ether oxygens (including phenoxy) is 1. The van der Waals surface area contributed by atoms with Crippen molar-refractivity contribution in [2.75, 3.05) is 0 Å². The predicted octanol–water partition coefficient (Wildman–Crippen LogP) is 18.5. The zero-order valence-electron chi connectivity index (χ0n) is 41.4. The number of para-hydroxylation sites is 1. The average Bonchev–Trinajstić information content (AvgIpc) is 3.19. The molecule has 4 nitrogen and oxygen atoms in total. The van der Waals surface area contributed by atoms with Crippen molar-refractivity contribution in [1.29, 1.82) is 0 Å². The molecule has 0 aliphatic carbocycles. The number of carbonyl (C=O) groups excluding carboxylic acids is 1. The lowest BCUT2D eigenvalue weighted by Gasteiger charge is -2.43. The average molecular weight is 864 g/mol. The molecular weight excluding hydrogens is 769 g/mol. The maximum Gasteiger partial charge on any atom is 0.311 e. The molecule has 0 spiro atoms. The third-order valence-corrected chi connectivity index (χ3v) is 25.6. The lowest BCUT2D eigenvalue weighted by molar-refractivity contribution is -0.134. The van der Waals surface area contributed by atoms with Crippen LogP contribution in [0.4, 0.5) is 0 Å². The largest absolute Gasteiger partial charge is 0.543 e. The van der Waals surface area contributed by atoms with Gasteiger partial charge in [0, 0.05) is 12.5 Å². The van der Waals surface area contributed by atoms with Gasteiger partial charge in [-0.15, -0.1) is 0 Å². The zero-order chi connectivity index (χ0) is 44.6. The van der Waals surface area contributed by atoms with Crippen LogP contribution in [-0.4, -0.2) is 22.6 Å². The van der Waals surface area contributed by atoms with E-state index in [-0.39, 0.29) is 11.9 Å². The Balaban J connectivity index is 2.23. The summed E-state index contributed by atoms with van der Waals surface area (Å²) in [4.78, 5) is 13.0. The van der Waals surface area contributed by atoms with Crippen molar-refractivity contribution in [3.8, 4) is 17.2 Å². The maximum absolute atomic E-state index is 13.0. The van der Waals surface area contributed by atoms with Crippen LogP contribution in [0.1, 0.15) is 218 Å². The highest BCUT2D eigenvalue weighted by Crippen LogP contribution is 2.46. The van der Waals surface area contributed by atoms with Gasteiger partial charge in [0.15, 0.2) is 0 Å². The maximum atomic E-state index is 13.0. The molecular formula is C54H94O4Si2. The van der Waals surface area contributed by atoms with Crippen LogP contribution in [0.5, 0.6) is 17.2 Å². The lowest BCUT2D eigenvalue weighted by Crippen LogP contribution is -2.51. The Bertz CT molecular complexity index is 1350. The number of benzene rings is 2. The zero-order valence-corrected chi connectivity index (χ0v) is 43.4. The molecule has 0 aliphatic rings. The molecule has 1 unspecified atom stereocenters. The minimum absolute atomic E-state index is 0.160. The van der Waals surface area contributed by atoms with Gasteiger partial charge >= 0.3 is 5.97 Å². The van der Waals surface area contributed by atoms with Crippen molar-refractivity contribution in [2.24, 2.45) is 5.92 Å². The Hall–Kier alpha value is -2.32. The van der Waals surface area contributed by atoms with E-state index < -0.39 is 16.6 Å². The summed E-state index contributed by atoms with van der Waals surface area (Å²) in [7, 11) is -4.42. The van der Waals surface area contributed by atoms with E-state index in [1.807, 2.05) is 30.3 Å². The van der Waals surface area contributed by atoms with E-state index in [9.17, 15) is 4.79 Å². The number of unbranched alkanes of at least 4 members (excludes halogenated alkanes) is 15. The Morgan fingerprint density at radius 2 is 0.883 bits per heavy atom. The van der Waals surface area contributed by atoms with Crippen LogP contribution in [0.15, 0.2) is 54.6 Å². The Morgan fingerprint density at radius 1 is 0.500 bits per heavy atom. The molecule has 0 fully saturated rings. The first-order chi connectivity index (χ1) is 28.6. The van der Waals surface area contributed by atoms with Gasteiger partial charge in [-0.3, -0.25) is 4.79 Å². The van der Waals surface area contributed by atoms with Gasteiger partial charge in [0.1, 0.15) is 17.2 Å². The van der Waals surface area contributed by atoms with Crippen molar-refractivity contribution in [2.45, 2.75) is 245 Å². The SMILES string of the molecule is CCCCCCCCCCCCCCCCCCC(/C=C/c1cc(O[Si](C(C)C)(C(C)C)C(C)C)cc(O[Si](C(C)C)(C(C)C)C(C)C)c1)CCC(=O)Oc1ccccc1. The molecule has 0 aromatic heterocycles. The topological polar surface area (TPSA) is 44.8 Å². The van der Waals surface area contributed by atoms with E-state index in [1.54, 1.807) is 0 Å². The quantitative estimate of drug-likeness (QED) is 0.0310. The van der Waals surface area contributed by atoms with E-state index in [0.29, 0.717) is 45.4 Å². The Morgan fingerprint density at radius 3 is 1.27 bits per heavy atom. The fourth-order valence-electron chi connectivity index (χ4n) is 10.4. The summed E-state index contributed by atoms with van der Waals surface area (Å²) in [5.41, 5.74) is 3.93. The normalized spacial score (nSPS) is 13.2. The van der Waals surface area contributed by atoms with Crippen LogP contribution in [0.25, 0.3) is 6.08 Å². The van der Waals surface area contributed by atoms with Crippen LogP contribution in [0, 0.1) is 5.92 Å². The van der Waals surface area contributed by atoms with Crippen LogP contribution in [-0.2, 0) is 4.79 Å². The van der Waals surface area contributed by atoms with Crippen LogP contribution < -0.4 is 13.6 Å². The summed E-state index contributed by atoms with van der Waals surface area (Å²) in [5.74, 6) is 2.61. The van der Waals surface area contributed by atoms with Gasteiger partial charge in [-0.25, -0.2) is 0 Å². The highest BCUT2D eigenvalue weighted by atomic mass is 28.4. The summed E-state index contributed by atoms with van der Waals surface area (Å²) >= 11 is 0. The first kappa shape index (κ1) is 53.8. The molecule has 0 radical (unpaired) electrons. The fraction of sp³-hybridized carbons (Fsp3) is 0.722. The van der Waals surface area contributed by atoms with Gasteiger partial charge in [0.2, 0.25) is 0 Å². The summed E-state index contributed by atoms with van der Waals surface area (Å²) in [6.45, 7) is 30.6. The standard InChI is InChI=1S/C54H94O4Si2/c1-14-15-16-17-18-19-20-21-22-23-24-25-26-27-28-30-33-49(38-39-54(55)56-51-34-31-29-32-35-51)36-37-50-40-52(57-59(43(2)3,44(4)5)45(6)7)42-53(41-50)58-60(46(8)9,47(10)11)48(12)13/h29,31-32,34-37,40-49H,14-28,30,33,38-39H2,1-13H3/b37-36+. The summed E-state index contributed by atoms with van der Waals surface area (Å²) in [6, 6.07) is 16.2. The van der Waals surface area contributed by atoms with Crippen molar-refractivity contribution in [3.63, 3.8) is 0 Å². The predicted molar refractivity (Wildman–Crippen MR) is 268 cm³/mol. The van der Waals surface area contributed by atoms with Gasteiger partial charge < -0.3 is 13.6 Å². The van der Waals surface area contributed by atoms with Crippen molar-refractivity contribution in [1.82, 2.24) is 0 Å². The Labute approximate surface area is 374 Å². The molecule has 6 heteroatoms. The van der Waals surface area contributed by atoms with E-state index >= 15 is 0 Å². The van der Waals surface area contributed by atoms with Gasteiger partial charge in [0.25, 0.3) is 16.6 Å². The lowest BCUT2D eigenvalue weighted by atomic mass is 9.94. The number of carbonyl (C=O) groups is 1. The third kappa shape index (κ3) is 18.2. The molecule has 342 valence electrons. The molecule has 0 saturated heterocycles. The Kier molecular flexibility index (Phi) is 26.1. The van der Waals surface area contributed by atoms with Gasteiger partial charge in [0.05, 0.1) is 0 Å². The van der Waals surface area contributed by atoms with Crippen LogP contribution >= 0.6 is 0 Å². The first-order valence-electron chi connectivity index (χ1n) is 25.1. The second-order valence-corrected chi connectivity index (χ2v) is 30.9. The third-order valence-electron chi connectivity index (χ3n) is 13.6. The molecule has 2 aromatic rings. The van der Waals surface area contributed by atoms with Gasteiger partial charge in [-0.2, -0.15) is 0 Å². The molecule has 0 aliphatic heterocycles. The molecule has 1 atom stereocenters. The van der Waals surface area contributed by atoms with Crippen LogP contribution in [0.3, 0.4) is 0 Å². The number of rotatable bonds is 33. The van der Waals surface area contributed by atoms with E-state index in [1.165, 1.54) is 103 Å². The fourth-order valence-corrected chi connectivity index (χ4v) is 20.9. The summed E-state index contributed by atoms with van der Waals surface area (Å²) in [6.07, 6.45) is 28.8. The minimum Gasteiger partial charge on any atom is -0.543 e. The van der Waals surface area contributed by atoms with Crippen molar-refractivity contribution < 1.29 is 18.4 Å². The van der Waals surface area contributed by atoms with E-state index in [2.05, 4.69) is 120 Å². The number of hydrogen-bond acceptors (Lipinski definition) is 4. The number of allylic oxidation sites excluding steroid dienone is 1. The molecule has 2 rings (SSSR count). The van der Waals surface area contributed by atoms with Gasteiger partial charge in [-0.1, -0.05) is 223 Å². The molecule has 0 amide bonds. The molecule has 0 heterocycles. The van der Waals surface area contributed by atoms with E-state index in [0.717, 1.165) is 29.9 Å². The second kappa shape index (κ2) is 29.1. The summed E-state index contributed by atoms with van der Waals surface area (Å²) in [5, 5.41) is 0. The molecule has 2 aromatic carbocycles. The second-order valence-electron chi connectivity index (χ2n) is 20.1. The monoisotopic (exact) mass is 863 g/mol. The first-order valence-corrected chi connectivity index (χ1v) is 29.3.